The molecular weight excluding hydrogens is 252 g/mol. The number of rotatable bonds is 7. The van der Waals surface area contributed by atoms with E-state index in [2.05, 4.69) is 26.8 Å². The molecule has 1 rings (SSSR count). The lowest BCUT2D eigenvalue weighted by molar-refractivity contribution is -0.135. The normalized spacial score (nSPS) is 11.8. The molecule has 1 N–H and O–H groups in total. The minimum Gasteiger partial charge on any atom is -0.493 e. The van der Waals surface area contributed by atoms with Crippen LogP contribution in [0.2, 0.25) is 0 Å². The first-order valence-corrected chi connectivity index (χ1v) is 7.11. The van der Waals surface area contributed by atoms with Crippen molar-refractivity contribution in [2.45, 2.75) is 46.5 Å². The number of carbonyl (C=O) groups is 1. The van der Waals surface area contributed by atoms with Crippen LogP contribution < -0.4 is 4.74 Å². The van der Waals surface area contributed by atoms with Gasteiger partial charge >= 0.3 is 5.97 Å². The number of aliphatic carboxylic acids is 1. The molecule has 0 aliphatic heterocycles. The van der Waals surface area contributed by atoms with Crippen molar-refractivity contribution < 1.29 is 14.6 Å². The van der Waals surface area contributed by atoms with E-state index >= 15 is 0 Å². The minimum atomic E-state index is -0.809. The fourth-order valence-electron chi connectivity index (χ4n) is 1.95. The Morgan fingerprint density at radius 1 is 1.40 bits per heavy atom. The number of hydrogen-bond acceptors (Lipinski definition) is 2. The van der Waals surface area contributed by atoms with Crippen LogP contribution in [0, 0.1) is 0 Å². The number of allylic oxidation sites excluding steroid dienone is 1. The standard InChI is InChI=1S/C17H24O3/c1-5-10-20-16-8-7-14(11-15(16)12(2)3)13(4)6-9-17(18)19/h6-8,11-12H,5,9-10H2,1-4H3,(H,18,19)/b13-6+. The zero-order chi connectivity index (χ0) is 15.1. The smallest absolute Gasteiger partial charge is 0.307 e. The van der Waals surface area contributed by atoms with Gasteiger partial charge in [0, 0.05) is 0 Å². The highest BCUT2D eigenvalue weighted by Gasteiger charge is 2.10. The lowest BCUT2D eigenvalue weighted by atomic mass is 9.96. The summed E-state index contributed by atoms with van der Waals surface area (Å²) in [6.07, 6.45) is 2.78. The second-order valence-corrected chi connectivity index (χ2v) is 5.24. The molecule has 0 aliphatic carbocycles. The van der Waals surface area contributed by atoms with Crippen molar-refractivity contribution in [3.05, 3.63) is 35.4 Å². The molecule has 3 nitrogen and oxygen atoms in total. The van der Waals surface area contributed by atoms with Crippen molar-refractivity contribution in [2.24, 2.45) is 0 Å². The van der Waals surface area contributed by atoms with Crippen LogP contribution in [0.3, 0.4) is 0 Å². The van der Waals surface area contributed by atoms with Crippen molar-refractivity contribution >= 4 is 11.5 Å². The Morgan fingerprint density at radius 2 is 2.10 bits per heavy atom. The van der Waals surface area contributed by atoms with Gasteiger partial charge in [-0.1, -0.05) is 32.9 Å². The average Bonchev–Trinajstić information content (AvgIpc) is 2.42. The summed E-state index contributed by atoms with van der Waals surface area (Å²) in [5, 5.41) is 8.73. The number of benzene rings is 1. The van der Waals surface area contributed by atoms with Crippen molar-refractivity contribution in [1.82, 2.24) is 0 Å². The van der Waals surface area contributed by atoms with Crippen LogP contribution in [0.5, 0.6) is 5.75 Å². The van der Waals surface area contributed by atoms with E-state index in [-0.39, 0.29) is 6.42 Å². The van der Waals surface area contributed by atoms with Gasteiger partial charge in [0.05, 0.1) is 13.0 Å². The molecule has 20 heavy (non-hydrogen) atoms. The third kappa shape index (κ3) is 4.72. The van der Waals surface area contributed by atoms with Crippen LogP contribution in [0.1, 0.15) is 57.6 Å². The monoisotopic (exact) mass is 276 g/mol. The first-order valence-electron chi connectivity index (χ1n) is 7.11. The van der Waals surface area contributed by atoms with Gasteiger partial charge in [-0.25, -0.2) is 0 Å². The van der Waals surface area contributed by atoms with Gasteiger partial charge in [-0.3, -0.25) is 4.79 Å². The lowest BCUT2D eigenvalue weighted by Crippen LogP contribution is -2.01. The van der Waals surface area contributed by atoms with Gasteiger partial charge in [-0.15, -0.1) is 0 Å². The second-order valence-electron chi connectivity index (χ2n) is 5.24. The van der Waals surface area contributed by atoms with Crippen LogP contribution in [-0.2, 0) is 4.79 Å². The summed E-state index contributed by atoms with van der Waals surface area (Å²) in [5.41, 5.74) is 3.20. The number of carboxylic acid groups (broad SMARTS) is 1. The molecule has 0 saturated heterocycles. The fraction of sp³-hybridized carbons (Fsp3) is 0.471. The molecule has 0 atom stereocenters. The summed E-state index contributed by atoms with van der Waals surface area (Å²) in [5.74, 6) is 0.488. The van der Waals surface area contributed by atoms with E-state index < -0.39 is 5.97 Å². The molecule has 0 bridgehead atoms. The van der Waals surface area contributed by atoms with E-state index in [1.165, 1.54) is 5.56 Å². The van der Waals surface area contributed by atoms with E-state index in [4.69, 9.17) is 9.84 Å². The van der Waals surface area contributed by atoms with Gasteiger partial charge in [-0.05, 0) is 48.1 Å². The highest BCUT2D eigenvalue weighted by molar-refractivity contribution is 5.74. The van der Waals surface area contributed by atoms with Gasteiger partial charge < -0.3 is 9.84 Å². The maximum Gasteiger partial charge on any atom is 0.307 e. The molecule has 0 saturated carbocycles. The molecule has 0 spiro atoms. The zero-order valence-electron chi connectivity index (χ0n) is 12.8. The van der Waals surface area contributed by atoms with Crippen LogP contribution in [0.25, 0.3) is 5.57 Å². The van der Waals surface area contributed by atoms with E-state index in [9.17, 15) is 4.79 Å². The van der Waals surface area contributed by atoms with Crippen molar-refractivity contribution in [2.75, 3.05) is 6.61 Å². The van der Waals surface area contributed by atoms with Gasteiger partial charge in [0.1, 0.15) is 5.75 Å². The molecule has 0 radical (unpaired) electrons. The first-order chi connectivity index (χ1) is 9.45. The summed E-state index contributed by atoms with van der Waals surface area (Å²) in [7, 11) is 0. The van der Waals surface area contributed by atoms with Gasteiger partial charge in [0.15, 0.2) is 0 Å². The summed E-state index contributed by atoms with van der Waals surface area (Å²) in [6, 6.07) is 6.08. The molecule has 0 aromatic heterocycles. The van der Waals surface area contributed by atoms with Crippen molar-refractivity contribution in [3.63, 3.8) is 0 Å². The third-order valence-electron chi connectivity index (χ3n) is 3.13. The predicted molar refractivity (Wildman–Crippen MR) is 82.2 cm³/mol. The molecule has 0 unspecified atom stereocenters. The Hall–Kier alpha value is -1.77. The Balaban J connectivity index is 3.03. The third-order valence-corrected chi connectivity index (χ3v) is 3.13. The minimum absolute atomic E-state index is 0.0525. The zero-order valence-corrected chi connectivity index (χ0v) is 12.8. The van der Waals surface area contributed by atoms with Crippen molar-refractivity contribution in [3.8, 4) is 5.75 Å². The Labute approximate surface area is 121 Å². The molecule has 0 aliphatic rings. The highest BCUT2D eigenvalue weighted by Crippen LogP contribution is 2.30. The molecule has 0 amide bonds. The average molecular weight is 276 g/mol. The molecular formula is C17H24O3. The number of hydrogen-bond donors (Lipinski definition) is 1. The molecule has 1 aromatic rings. The van der Waals surface area contributed by atoms with Gasteiger partial charge in [-0.2, -0.15) is 0 Å². The second kappa shape index (κ2) is 7.73. The Bertz CT molecular complexity index is 487. The van der Waals surface area contributed by atoms with E-state index in [1.807, 2.05) is 19.1 Å². The first kappa shape index (κ1) is 16.3. The van der Waals surface area contributed by atoms with Gasteiger partial charge in [0.2, 0.25) is 0 Å². The van der Waals surface area contributed by atoms with E-state index in [1.54, 1.807) is 6.08 Å². The van der Waals surface area contributed by atoms with Crippen LogP contribution in [0.15, 0.2) is 24.3 Å². The highest BCUT2D eigenvalue weighted by atomic mass is 16.5. The van der Waals surface area contributed by atoms with E-state index in [0.29, 0.717) is 12.5 Å². The Morgan fingerprint density at radius 3 is 2.65 bits per heavy atom. The van der Waals surface area contributed by atoms with Gasteiger partial charge in [0.25, 0.3) is 0 Å². The molecule has 0 heterocycles. The number of carboxylic acids is 1. The SMILES string of the molecule is CCCOc1ccc(/C(C)=C/CC(=O)O)cc1C(C)C. The molecule has 0 fully saturated rings. The van der Waals surface area contributed by atoms with Crippen LogP contribution >= 0.6 is 0 Å². The molecule has 1 aromatic carbocycles. The fourth-order valence-corrected chi connectivity index (χ4v) is 1.95. The summed E-state index contributed by atoms with van der Waals surface area (Å²) in [4.78, 5) is 10.6. The molecule has 3 heteroatoms. The topological polar surface area (TPSA) is 46.5 Å². The maximum atomic E-state index is 10.6. The Kier molecular flexibility index (Phi) is 6.29. The molecule has 110 valence electrons. The predicted octanol–water partition coefficient (Wildman–Crippen LogP) is 4.48. The maximum absolute atomic E-state index is 10.6. The summed E-state index contributed by atoms with van der Waals surface area (Å²) >= 11 is 0. The summed E-state index contributed by atoms with van der Waals surface area (Å²) in [6.45, 7) is 9.01. The van der Waals surface area contributed by atoms with Crippen LogP contribution in [0.4, 0.5) is 0 Å². The summed E-state index contributed by atoms with van der Waals surface area (Å²) < 4.78 is 5.77. The number of ether oxygens (including phenoxy) is 1. The quantitative estimate of drug-likeness (QED) is 0.798. The van der Waals surface area contributed by atoms with Crippen molar-refractivity contribution in [1.29, 1.82) is 0 Å². The van der Waals surface area contributed by atoms with E-state index in [0.717, 1.165) is 23.3 Å². The largest absolute Gasteiger partial charge is 0.493 e. The lowest BCUT2D eigenvalue weighted by Gasteiger charge is -2.15. The van der Waals surface area contributed by atoms with Crippen LogP contribution in [-0.4, -0.2) is 17.7 Å².